The number of ether oxygens (including phenoxy) is 1. The SMILES string of the molecule is CCCC/C(=C(/C)OC)c1cc2c(c3sccc13)CCC2. The van der Waals surface area contributed by atoms with Crippen molar-refractivity contribution in [2.24, 2.45) is 0 Å². The van der Waals surface area contributed by atoms with E-state index in [9.17, 15) is 0 Å². The summed E-state index contributed by atoms with van der Waals surface area (Å²) in [5, 5.41) is 3.68. The highest BCUT2D eigenvalue weighted by atomic mass is 32.1. The van der Waals surface area contributed by atoms with Crippen LogP contribution >= 0.6 is 11.3 Å². The van der Waals surface area contributed by atoms with Crippen LogP contribution in [0, 0.1) is 0 Å². The molecular weight excluding hydrogens is 276 g/mol. The van der Waals surface area contributed by atoms with Crippen LogP contribution in [-0.2, 0) is 17.6 Å². The van der Waals surface area contributed by atoms with Crippen LogP contribution in [0.5, 0.6) is 0 Å². The number of hydrogen-bond donors (Lipinski definition) is 0. The first-order chi connectivity index (χ1) is 10.3. The molecule has 0 spiro atoms. The third-order valence-corrected chi connectivity index (χ3v) is 5.62. The molecule has 0 unspecified atom stereocenters. The Balaban J connectivity index is 2.18. The summed E-state index contributed by atoms with van der Waals surface area (Å²) in [5.41, 5.74) is 5.99. The lowest BCUT2D eigenvalue weighted by Crippen LogP contribution is -1.96. The quantitative estimate of drug-likeness (QED) is 0.619. The second-order valence-electron chi connectivity index (χ2n) is 5.92. The maximum Gasteiger partial charge on any atom is 0.0962 e. The molecule has 3 rings (SSSR count). The van der Waals surface area contributed by atoms with Gasteiger partial charge in [-0.3, -0.25) is 0 Å². The molecule has 0 saturated heterocycles. The maximum absolute atomic E-state index is 5.59. The number of benzene rings is 1. The summed E-state index contributed by atoms with van der Waals surface area (Å²) in [7, 11) is 1.79. The van der Waals surface area contributed by atoms with E-state index >= 15 is 0 Å². The molecule has 0 fully saturated rings. The second kappa shape index (κ2) is 6.23. The van der Waals surface area contributed by atoms with E-state index in [1.54, 1.807) is 18.2 Å². The van der Waals surface area contributed by atoms with Gasteiger partial charge in [0.05, 0.1) is 12.9 Å². The minimum atomic E-state index is 1.08. The molecule has 0 N–H and O–H groups in total. The van der Waals surface area contributed by atoms with Gasteiger partial charge in [0.1, 0.15) is 0 Å². The van der Waals surface area contributed by atoms with Crippen molar-refractivity contribution in [3.63, 3.8) is 0 Å². The summed E-state index contributed by atoms with van der Waals surface area (Å²) in [4.78, 5) is 0. The second-order valence-corrected chi connectivity index (χ2v) is 6.84. The molecule has 0 bridgehead atoms. The van der Waals surface area contributed by atoms with Crippen molar-refractivity contribution in [1.29, 1.82) is 0 Å². The Morgan fingerprint density at radius 2 is 2.19 bits per heavy atom. The van der Waals surface area contributed by atoms with Crippen LogP contribution in [0.2, 0.25) is 0 Å². The summed E-state index contributed by atoms with van der Waals surface area (Å²) < 4.78 is 7.10. The lowest BCUT2D eigenvalue weighted by atomic mass is 9.93. The van der Waals surface area contributed by atoms with Crippen molar-refractivity contribution in [3.8, 4) is 0 Å². The number of allylic oxidation sites excluding steroid dienone is 2. The van der Waals surface area contributed by atoms with Crippen LogP contribution in [-0.4, -0.2) is 7.11 Å². The van der Waals surface area contributed by atoms with Crippen LogP contribution < -0.4 is 0 Å². The van der Waals surface area contributed by atoms with E-state index in [0.717, 1.165) is 12.2 Å². The lowest BCUT2D eigenvalue weighted by Gasteiger charge is -2.15. The highest BCUT2D eigenvalue weighted by molar-refractivity contribution is 7.17. The van der Waals surface area contributed by atoms with E-state index in [0.29, 0.717) is 0 Å². The Bertz CT molecular complexity index is 678. The van der Waals surface area contributed by atoms with E-state index in [-0.39, 0.29) is 0 Å². The molecule has 0 atom stereocenters. The topological polar surface area (TPSA) is 9.23 Å². The van der Waals surface area contributed by atoms with Crippen molar-refractivity contribution < 1.29 is 4.74 Å². The number of rotatable bonds is 5. The number of fused-ring (bicyclic) bond motifs is 3. The van der Waals surface area contributed by atoms with Crippen LogP contribution in [0.4, 0.5) is 0 Å². The van der Waals surface area contributed by atoms with Gasteiger partial charge < -0.3 is 4.74 Å². The fraction of sp³-hybridized carbons (Fsp3) is 0.474. The van der Waals surface area contributed by atoms with Gasteiger partial charge in [0.15, 0.2) is 0 Å². The standard InChI is InChI=1S/C19H24OS/c1-4-5-8-15(13(2)20-3)18-12-14-7-6-9-16(14)19-17(18)10-11-21-19/h10-12H,4-9H2,1-3H3/b15-13+. The Labute approximate surface area is 131 Å². The van der Waals surface area contributed by atoms with Gasteiger partial charge in [-0.25, -0.2) is 0 Å². The molecule has 1 nitrogen and oxygen atoms in total. The van der Waals surface area contributed by atoms with Gasteiger partial charge in [-0.1, -0.05) is 19.4 Å². The van der Waals surface area contributed by atoms with Crippen LogP contribution in [0.25, 0.3) is 15.7 Å². The Kier molecular flexibility index (Phi) is 4.34. The molecule has 0 aliphatic heterocycles. The largest absolute Gasteiger partial charge is 0.501 e. The van der Waals surface area contributed by atoms with E-state index in [1.165, 1.54) is 53.3 Å². The first-order valence-corrected chi connectivity index (χ1v) is 8.90. The highest BCUT2D eigenvalue weighted by Crippen LogP contribution is 2.40. The van der Waals surface area contributed by atoms with E-state index in [1.807, 2.05) is 11.3 Å². The zero-order chi connectivity index (χ0) is 14.8. The van der Waals surface area contributed by atoms with Gasteiger partial charge in [0, 0.05) is 10.1 Å². The molecular formula is C19H24OS. The molecule has 112 valence electrons. The predicted octanol–water partition coefficient (Wildman–Crippen LogP) is 5.96. The molecule has 2 aromatic rings. The molecule has 0 saturated carbocycles. The molecule has 0 radical (unpaired) electrons. The fourth-order valence-corrected chi connectivity index (χ4v) is 4.44. The van der Waals surface area contributed by atoms with Gasteiger partial charge in [-0.05, 0) is 72.7 Å². The number of methoxy groups -OCH3 is 1. The average Bonchev–Trinajstić information content (AvgIpc) is 3.14. The normalized spacial score (nSPS) is 15.2. The van der Waals surface area contributed by atoms with Gasteiger partial charge in [-0.15, -0.1) is 11.3 Å². The monoisotopic (exact) mass is 300 g/mol. The third kappa shape index (κ3) is 2.62. The molecule has 1 aromatic carbocycles. The first kappa shape index (κ1) is 14.6. The molecule has 1 heterocycles. The Hall–Kier alpha value is -1.28. The predicted molar refractivity (Wildman–Crippen MR) is 93.0 cm³/mol. The van der Waals surface area contributed by atoms with Crippen LogP contribution in [0.15, 0.2) is 23.3 Å². The molecule has 1 aliphatic rings. The van der Waals surface area contributed by atoms with Gasteiger partial charge in [0.25, 0.3) is 0 Å². The fourth-order valence-electron chi connectivity index (χ4n) is 3.42. The van der Waals surface area contributed by atoms with Crippen LogP contribution in [0.3, 0.4) is 0 Å². The zero-order valence-corrected chi connectivity index (χ0v) is 14.1. The zero-order valence-electron chi connectivity index (χ0n) is 13.3. The summed E-state index contributed by atoms with van der Waals surface area (Å²) in [5.74, 6) is 1.08. The molecule has 1 aromatic heterocycles. The van der Waals surface area contributed by atoms with Crippen molar-refractivity contribution in [2.75, 3.05) is 7.11 Å². The number of aryl methyl sites for hydroxylation is 2. The third-order valence-electron chi connectivity index (χ3n) is 4.65. The van der Waals surface area contributed by atoms with Crippen molar-refractivity contribution >= 4 is 27.0 Å². The highest BCUT2D eigenvalue weighted by Gasteiger charge is 2.20. The van der Waals surface area contributed by atoms with Crippen LogP contribution in [0.1, 0.15) is 56.2 Å². The minimum absolute atomic E-state index is 1.08. The minimum Gasteiger partial charge on any atom is -0.501 e. The molecule has 1 aliphatic carbocycles. The van der Waals surface area contributed by atoms with E-state index in [2.05, 4.69) is 31.4 Å². The Morgan fingerprint density at radius 3 is 2.95 bits per heavy atom. The van der Waals surface area contributed by atoms with Crippen molar-refractivity contribution in [3.05, 3.63) is 40.0 Å². The van der Waals surface area contributed by atoms with Gasteiger partial charge in [-0.2, -0.15) is 0 Å². The summed E-state index contributed by atoms with van der Waals surface area (Å²) in [6.45, 7) is 4.36. The summed E-state index contributed by atoms with van der Waals surface area (Å²) >= 11 is 1.90. The summed E-state index contributed by atoms with van der Waals surface area (Å²) in [6, 6.07) is 4.74. The van der Waals surface area contributed by atoms with Gasteiger partial charge in [0.2, 0.25) is 0 Å². The van der Waals surface area contributed by atoms with Gasteiger partial charge >= 0.3 is 0 Å². The van der Waals surface area contributed by atoms with E-state index in [4.69, 9.17) is 4.74 Å². The van der Waals surface area contributed by atoms with Crippen molar-refractivity contribution in [1.82, 2.24) is 0 Å². The molecule has 0 amide bonds. The average molecular weight is 300 g/mol. The Morgan fingerprint density at radius 1 is 1.33 bits per heavy atom. The number of unbranched alkanes of at least 4 members (excludes halogenated alkanes) is 1. The van der Waals surface area contributed by atoms with E-state index < -0.39 is 0 Å². The first-order valence-electron chi connectivity index (χ1n) is 8.02. The maximum atomic E-state index is 5.59. The van der Waals surface area contributed by atoms with Crippen molar-refractivity contribution in [2.45, 2.75) is 52.4 Å². The number of thiophene rings is 1. The lowest BCUT2D eigenvalue weighted by molar-refractivity contribution is 0.294. The number of hydrogen-bond acceptors (Lipinski definition) is 2. The smallest absolute Gasteiger partial charge is 0.0962 e. The molecule has 2 heteroatoms. The molecule has 21 heavy (non-hydrogen) atoms. The summed E-state index contributed by atoms with van der Waals surface area (Å²) in [6.07, 6.45) is 7.35.